The van der Waals surface area contributed by atoms with Crippen molar-refractivity contribution in [3.8, 4) is 11.4 Å². The Kier molecular flexibility index (Phi) is 4.20. The summed E-state index contributed by atoms with van der Waals surface area (Å²) in [5, 5.41) is 3.93. The van der Waals surface area contributed by atoms with Gasteiger partial charge in [-0.05, 0) is 55.3 Å². The zero-order valence-electron chi connectivity index (χ0n) is 13.7. The number of halogens is 2. The largest absolute Gasteiger partial charge is 0.337 e. The van der Waals surface area contributed by atoms with Crippen molar-refractivity contribution < 1.29 is 18.1 Å². The fourth-order valence-electron chi connectivity index (χ4n) is 3.14. The highest BCUT2D eigenvalue weighted by atomic mass is 19.1. The van der Waals surface area contributed by atoms with Crippen molar-refractivity contribution in [3.63, 3.8) is 0 Å². The first-order chi connectivity index (χ1) is 12.6. The van der Waals surface area contributed by atoms with Crippen molar-refractivity contribution >= 4 is 5.91 Å². The summed E-state index contributed by atoms with van der Waals surface area (Å²) < 4.78 is 31.8. The molecule has 4 rings (SSSR count). The van der Waals surface area contributed by atoms with Crippen LogP contribution in [0.3, 0.4) is 0 Å². The standard InChI is InChI=1S/C19H15F2N3O2/c20-14-8-6-12(7-9-14)17-22-18(26-23-17)16-5-2-10-24(16)19(25)13-3-1-4-15(21)11-13/h1,3-4,6-9,11,16H,2,5,10H2. The summed E-state index contributed by atoms with van der Waals surface area (Å²) in [5.41, 5.74) is 0.914. The molecule has 7 heteroatoms. The Bertz CT molecular complexity index is 940. The van der Waals surface area contributed by atoms with Crippen LogP contribution in [0, 0.1) is 11.6 Å². The maximum atomic E-state index is 13.4. The molecule has 1 aromatic heterocycles. The summed E-state index contributed by atoms with van der Waals surface area (Å²) in [4.78, 5) is 18.7. The van der Waals surface area contributed by atoms with Gasteiger partial charge in [0.1, 0.15) is 17.7 Å². The van der Waals surface area contributed by atoms with Gasteiger partial charge in [0.15, 0.2) is 0 Å². The van der Waals surface area contributed by atoms with Gasteiger partial charge in [-0.25, -0.2) is 8.78 Å². The topological polar surface area (TPSA) is 59.2 Å². The summed E-state index contributed by atoms with van der Waals surface area (Å²) in [6.45, 7) is 0.536. The molecule has 1 fully saturated rings. The van der Waals surface area contributed by atoms with Gasteiger partial charge in [-0.3, -0.25) is 4.79 Å². The second-order valence-corrected chi connectivity index (χ2v) is 6.13. The summed E-state index contributed by atoms with van der Waals surface area (Å²) >= 11 is 0. The Hall–Kier alpha value is -3.09. The van der Waals surface area contributed by atoms with E-state index < -0.39 is 5.82 Å². The third-order valence-corrected chi connectivity index (χ3v) is 4.41. The summed E-state index contributed by atoms with van der Waals surface area (Å²) in [7, 11) is 0. The van der Waals surface area contributed by atoms with Crippen LogP contribution in [0.25, 0.3) is 11.4 Å². The monoisotopic (exact) mass is 355 g/mol. The lowest BCUT2D eigenvalue weighted by Gasteiger charge is -2.21. The van der Waals surface area contributed by atoms with E-state index in [1.807, 2.05) is 0 Å². The lowest BCUT2D eigenvalue weighted by Crippen LogP contribution is -2.30. The molecule has 0 aliphatic carbocycles. The van der Waals surface area contributed by atoms with Crippen LogP contribution in [-0.2, 0) is 0 Å². The average Bonchev–Trinajstić information content (AvgIpc) is 3.31. The Morgan fingerprint density at radius 1 is 1.12 bits per heavy atom. The number of likely N-dealkylation sites (tertiary alicyclic amines) is 1. The lowest BCUT2D eigenvalue weighted by atomic mass is 10.1. The van der Waals surface area contributed by atoms with E-state index in [-0.39, 0.29) is 23.3 Å². The highest BCUT2D eigenvalue weighted by molar-refractivity contribution is 5.94. The second-order valence-electron chi connectivity index (χ2n) is 6.13. The number of benzene rings is 2. The molecule has 2 aromatic carbocycles. The number of carbonyl (C=O) groups is 1. The number of hydrogen-bond acceptors (Lipinski definition) is 4. The zero-order chi connectivity index (χ0) is 18.1. The van der Waals surface area contributed by atoms with Crippen molar-refractivity contribution in [1.82, 2.24) is 15.0 Å². The fraction of sp³-hybridized carbons (Fsp3) is 0.211. The zero-order valence-corrected chi connectivity index (χ0v) is 13.7. The van der Waals surface area contributed by atoms with Gasteiger partial charge in [-0.1, -0.05) is 11.2 Å². The van der Waals surface area contributed by atoms with Crippen LogP contribution in [0.4, 0.5) is 8.78 Å². The van der Waals surface area contributed by atoms with Gasteiger partial charge in [0.2, 0.25) is 11.7 Å². The summed E-state index contributed by atoms with van der Waals surface area (Å²) in [6, 6.07) is 11.0. The molecule has 1 unspecified atom stereocenters. The molecular weight excluding hydrogens is 340 g/mol. The maximum Gasteiger partial charge on any atom is 0.254 e. The fourth-order valence-corrected chi connectivity index (χ4v) is 3.14. The van der Waals surface area contributed by atoms with Gasteiger partial charge in [0.25, 0.3) is 5.91 Å². The third kappa shape index (κ3) is 3.08. The van der Waals surface area contributed by atoms with Gasteiger partial charge >= 0.3 is 0 Å². The van der Waals surface area contributed by atoms with Crippen molar-refractivity contribution in [1.29, 1.82) is 0 Å². The molecule has 0 N–H and O–H groups in total. The van der Waals surface area contributed by atoms with Gasteiger partial charge < -0.3 is 9.42 Å². The van der Waals surface area contributed by atoms with Crippen LogP contribution in [-0.4, -0.2) is 27.5 Å². The van der Waals surface area contributed by atoms with E-state index in [1.54, 1.807) is 23.1 Å². The smallest absolute Gasteiger partial charge is 0.254 e. The quantitative estimate of drug-likeness (QED) is 0.713. The van der Waals surface area contributed by atoms with Crippen LogP contribution < -0.4 is 0 Å². The molecule has 0 bridgehead atoms. The molecule has 1 saturated heterocycles. The van der Waals surface area contributed by atoms with Gasteiger partial charge in [0, 0.05) is 17.7 Å². The minimum absolute atomic E-state index is 0.270. The molecule has 132 valence electrons. The Balaban J connectivity index is 1.59. The summed E-state index contributed by atoms with van der Waals surface area (Å²) in [5.74, 6) is -0.409. The highest BCUT2D eigenvalue weighted by Crippen LogP contribution is 2.33. The number of amides is 1. The van der Waals surface area contributed by atoms with Crippen molar-refractivity contribution in [2.75, 3.05) is 6.54 Å². The first-order valence-electron chi connectivity index (χ1n) is 8.28. The van der Waals surface area contributed by atoms with Gasteiger partial charge in [0.05, 0.1) is 0 Å². The highest BCUT2D eigenvalue weighted by Gasteiger charge is 2.34. The minimum Gasteiger partial charge on any atom is -0.337 e. The van der Waals surface area contributed by atoms with E-state index >= 15 is 0 Å². The minimum atomic E-state index is -0.456. The molecule has 2 heterocycles. The normalized spacial score (nSPS) is 16.8. The lowest BCUT2D eigenvalue weighted by molar-refractivity contribution is 0.0709. The van der Waals surface area contributed by atoms with Crippen LogP contribution in [0.1, 0.15) is 35.1 Å². The maximum absolute atomic E-state index is 13.4. The molecule has 0 radical (unpaired) electrons. The van der Waals surface area contributed by atoms with Crippen LogP contribution >= 0.6 is 0 Å². The molecular formula is C19H15F2N3O2. The van der Waals surface area contributed by atoms with Crippen LogP contribution in [0.5, 0.6) is 0 Å². The summed E-state index contributed by atoms with van der Waals surface area (Å²) in [6.07, 6.45) is 1.48. The van der Waals surface area contributed by atoms with Crippen molar-refractivity contribution in [3.05, 3.63) is 71.6 Å². The predicted octanol–water partition coefficient (Wildman–Crippen LogP) is 3.99. The Labute approximate surface area is 148 Å². The Morgan fingerprint density at radius 2 is 1.92 bits per heavy atom. The van der Waals surface area contributed by atoms with E-state index in [4.69, 9.17) is 4.52 Å². The van der Waals surface area contributed by atoms with Crippen LogP contribution in [0.2, 0.25) is 0 Å². The van der Waals surface area contributed by atoms with Crippen molar-refractivity contribution in [2.24, 2.45) is 0 Å². The molecule has 1 amide bonds. The predicted molar refractivity (Wildman–Crippen MR) is 89.1 cm³/mol. The van der Waals surface area contributed by atoms with E-state index in [0.29, 0.717) is 30.2 Å². The average molecular weight is 355 g/mol. The van der Waals surface area contributed by atoms with Gasteiger partial charge in [-0.2, -0.15) is 4.98 Å². The molecule has 5 nitrogen and oxygen atoms in total. The molecule has 3 aromatic rings. The number of carbonyl (C=O) groups excluding carboxylic acids is 1. The molecule has 1 aliphatic heterocycles. The number of aromatic nitrogens is 2. The molecule has 0 spiro atoms. The number of nitrogens with zero attached hydrogens (tertiary/aromatic N) is 3. The van der Waals surface area contributed by atoms with Crippen molar-refractivity contribution in [2.45, 2.75) is 18.9 Å². The first-order valence-corrected chi connectivity index (χ1v) is 8.28. The van der Waals surface area contributed by atoms with E-state index in [1.165, 1.54) is 30.3 Å². The molecule has 1 aliphatic rings. The first kappa shape index (κ1) is 16.4. The number of rotatable bonds is 3. The molecule has 1 atom stereocenters. The van der Waals surface area contributed by atoms with E-state index in [0.717, 1.165) is 6.42 Å². The van der Waals surface area contributed by atoms with Crippen LogP contribution in [0.15, 0.2) is 53.1 Å². The third-order valence-electron chi connectivity index (χ3n) is 4.41. The SMILES string of the molecule is O=C(c1cccc(F)c1)N1CCCC1c1nc(-c2ccc(F)cc2)no1. The Morgan fingerprint density at radius 3 is 2.69 bits per heavy atom. The second kappa shape index (κ2) is 6.67. The molecule has 26 heavy (non-hydrogen) atoms. The van der Waals surface area contributed by atoms with E-state index in [2.05, 4.69) is 10.1 Å². The number of hydrogen-bond donors (Lipinski definition) is 0. The van der Waals surface area contributed by atoms with Gasteiger partial charge in [-0.15, -0.1) is 0 Å². The molecule has 0 saturated carbocycles. The van der Waals surface area contributed by atoms with E-state index in [9.17, 15) is 13.6 Å².